The van der Waals surface area contributed by atoms with Crippen LogP contribution in [0.5, 0.6) is 6.01 Å². The first-order chi connectivity index (χ1) is 9.67. The molecular formula is C13H16N4O2S. The molecule has 0 saturated carbocycles. The Morgan fingerprint density at radius 3 is 3.20 bits per heavy atom. The van der Waals surface area contributed by atoms with E-state index in [2.05, 4.69) is 27.4 Å². The molecule has 0 aromatic carbocycles. The van der Waals surface area contributed by atoms with E-state index in [-0.39, 0.29) is 11.9 Å². The van der Waals surface area contributed by atoms with E-state index in [4.69, 9.17) is 4.74 Å². The van der Waals surface area contributed by atoms with E-state index >= 15 is 0 Å². The summed E-state index contributed by atoms with van der Waals surface area (Å²) in [5.74, 6) is 0.863. The molecule has 7 heteroatoms. The minimum atomic E-state index is -0.143. The van der Waals surface area contributed by atoms with Crippen LogP contribution in [0.1, 0.15) is 34.1 Å². The van der Waals surface area contributed by atoms with Gasteiger partial charge in [-0.1, -0.05) is 6.92 Å². The highest BCUT2D eigenvalue weighted by atomic mass is 32.1. The quantitative estimate of drug-likeness (QED) is 0.909. The fraction of sp³-hybridized carbons (Fsp3) is 0.462. The van der Waals surface area contributed by atoms with E-state index in [1.54, 1.807) is 11.3 Å². The predicted octanol–water partition coefficient (Wildman–Crippen LogP) is 2.25. The molecule has 1 aliphatic carbocycles. The average molecular weight is 292 g/mol. The predicted molar refractivity (Wildman–Crippen MR) is 76.4 cm³/mol. The van der Waals surface area contributed by atoms with Gasteiger partial charge in [0.25, 0.3) is 5.91 Å². The monoisotopic (exact) mass is 292 g/mol. The van der Waals surface area contributed by atoms with Crippen molar-refractivity contribution < 1.29 is 9.53 Å². The van der Waals surface area contributed by atoms with Crippen LogP contribution in [-0.4, -0.2) is 28.2 Å². The summed E-state index contributed by atoms with van der Waals surface area (Å²) in [5.41, 5.74) is 1.95. The van der Waals surface area contributed by atoms with Crippen molar-refractivity contribution in [3.05, 3.63) is 21.4 Å². The topological polar surface area (TPSA) is 79.9 Å². The van der Waals surface area contributed by atoms with Crippen molar-refractivity contribution in [1.29, 1.82) is 0 Å². The Morgan fingerprint density at radius 2 is 2.45 bits per heavy atom. The van der Waals surface area contributed by atoms with Gasteiger partial charge in [0.2, 0.25) is 5.95 Å². The number of ether oxygens (including phenoxy) is 1. The molecular weight excluding hydrogens is 276 g/mol. The van der Waals surface area contributed by atoms with E-state index < -0.39 is 0 Å². The normalized spacial score (nSPS) is 17.6. The third-order valence-corrected chi connectivity index (χ3v) is 4.58. The van der Waals surface area contributed by atoms with Gasteiger partial charge >= 0.3 is 6.01 Å². The van der Waals surface area contributed by atoms with Gasteiger partial charge in [-0.3, -0.25) is 10.1 Å². The van der Waals surface area contributed by atoms with Crippen molar-refractivity contribution in [3.8, 4) is 6.01 Å². The largest absolute Gasteiger partial charge is 0.466 e. The average Bonchev–Trinajstić information content (AvgIpc) is 3.04. The highest BCUT2D eigenvalue weighted by Crippen LogP contribution is 2.33. The molecule has 0 saturated heterocycles. The fourth-order valence-corrected chi connectivity index (χ4v) is 3.68. The number of methoxy groups -OCH3 is 1. The van der Waals surface area contributed by atoms with Gasteiger partial charge in [0.15, 0.2) is 0 Å². The van der Waals surface area contributed by atoms with Crippen LogP contribution < -0.4 is 10.1 Å². The number of hydrogen-bond acceptors (Lipinski definition) is 5. The number of nitrogens with zero attached hydrogens (tertiary/aromatic N) is 2. The number of hydrogen-bond donors (Lipinski definition) is 2. The number of carbonyl (C=O) groups is 1. The molecule has 1 aliphatic rings. The summed E-state index contributed by atoms with van der Waals surface area (Å²) in [5, 5.41) is 11.1. The smallest absolute Gasteiger partial charge is 0.336 e. The summed E-state index contributed by atoms with van der Waals surface area (Å²) < 4.78 is 4.87. The molecule has 6 nitrogen and oxygen atoms in total. The zero-order valence-corrected chi connectivity index (χ0v) is 12.2. The second-order valence-electron chi connectivity index (χ2n) is 5.02. The summed E-state index contributed by atoms with van der Waals surface area (Å²) in [4.78, 5) is 17.6. The number of amides is 1. The molecule has 2 aromatic heterocycles. The first-order valence-corrected chi connectivity index (χ1v) is 7.42. The van der Waals surface area contributed by atoms with Gasteiger partial charge in [-0.05, 0) is 30.7 Å². The van der Waals surface area contributed by atoms with Crippen LogP contribution >= 0.6 is 11.3 Å². The summed E-state index contributed by atoms with van der Waals surface area (Å²) in [7, 11) is 1.48. The van der Waals surface area contributed by atoms with Gasteiger partial charge in [0.05, 0.1) is 12.7 Å². The lowest BCUT2D eigenvalue weighted by Crippen LogP contribution is -2.17. The third-order valence-electron chi connectivity index (χ3n) is 3.53. The first-order valence-electron chi connectivity index (χ1n) is 6.54. The number of aromatic nitrogens is 3. The van der Waals surface area contributed by atoms with Crippen LogP contribution in [0, 0.1) is 5.92 Å². The molecule has 0 fully saturated rings. The lowest BCUT2D eigenvalue weighted by molar-refractivity contribution is 0.102. The number of aromatic amines is 1. The standard InChI is InChI=1S/C13H16N4O2S/c1-7-3-4-8-9(6-20-10(8)5-7)11(18)14-12-15-13(19-2)17-16-12/h6-7H,3-5H2,1-2H3,(H2,14,15,16,17,18). The fourth-order valence-electron chi connectivity index (χ4n) is 2.44. The summed E-state index contributed by atoms with van der Waals surface area (Å²) in [6.07, 6.45) is 3.19. The van der Waals surface area contributed by atoms with E-state index in [9.17, 15) is 4.79 Å². The number of fused-ring (bicyclic) bond motifs is 1. The van der Waals surface area contributed by atoms with Gasteiger partial charge in [0, 0.05) is 10.3 Å². The highest BCUT2D eigenvalue weighted by molar-refractivity contribution is 7.10. The van der Waals surface area contributed by atoms with E-state index in [1.807, 2.05) is 5.38 Å². The number of rotatable bonds is 3. The Labute approximate surface area is 120 Å². The van der Waals surface area contributed by atoms with Crippen LogP contribution in [0.15, 0.2) is 5.38 Å². The van der Waals surface area contributed by atoms with Crippen LogP contribution in [0.2, 0.25) is 0 Å². The second-order valence-corrected chi connectivity index (χ2v) is 5.99. The maximum absolute atomic E-state index is 12.3. The van der Waals surface area contributed by atoms with Crippen LogP contribution in [-0.2, 0) is 12.8 Å². The van der Waals surface area contributed by atoms with Crippen molar-refractivity contribution >= 4 is 23.2 Å². The van der Waals surface area contributed by atoms with Gasteiger partial charge in [-0.2, -0.15) is 4.98 Å². The summed E-state index contributed by atoms with van der Waals surface area (Å²) >= 11 is 1.67. The van der Waals surface area contributed by atoms with Crippen LogP contribution in [0.4, 0.5) is 5.95 Å². The van der Waals surface area contributed by atoms with Gasteiger partial charge in [-0.15, -0.1) is 16.4 Å². The molecule has 1 amide bonds. The van der Waals surface area contributed by atoms with Crippen molar-refractivity contribution in [3.63, 3.8) is 0 Å². The summed E-state index contributed by atoms with van der Waals surface area (Å²) in [6.45, 7) is 2.25. The van der Waals surface area contributed by atoms with Crippen molar-refractivity contribution in [1.82, 2.24) is 15.2 Å². The van der Waals surface area contributed by atoms with Crippen molar-refractivity contribution in [2.45, 2.75) is 26.2 Å². The lowest BCUT2D eigenvalue weighted by Gasteiger charge is -2.18. The third kappa shape index (κ3) is 2.40. The first kappa shape index (κ1) is 13.1. The summed E-state index contributed by atoms with van der Waals surface area (Å²) in [6, 6.07) is 0.210. The highest BCUT2D eigenvalue weighted by Gasteiger charge is 2.23. The van der Waals surface area contributed by atoms with E-state index in [0.29, 0.717) is 11.9 Å². The van der Waals surface area contributed by atoms with Gasteiger partial charge in [-0.25, -0.2) is 5.10 Å². The molecule has 2 heterocycles. The molecule has 0 radical (unpaired) electrons. The second kappa shape index (κ2) is 5.24. The number of H-pyrrole nitrogens is 1. The number of anilines is 1. The zero-order chi connectivity index (χ0) is 14.1. The maximum Gasteiger partial charge on any atom is 0.336 e. The Balaban J connectivity index is 1.77. The molecule has 2 aromatic rings. The number of carbonyl (C=O) groups excluding carboxylic acids is 1. The molecule has 0 spiro atoms. The minimum Gasteiger partial charge on any atom is -0.466 e. The maximum atomic E-state index is 12.3. The molecule has 0 aliphatic heterocycles. The van der Waals surface area contributed by atoms with Gasteiger partial charge < -0.3 is 4.74 Å². The Kier molecular flexibility index (Phi) is 3.43. The molecule has 20 heavy (non-hydrogen) atoms. The van der Waals surface area contributed by atoms with Crippen molar-refractivity contribution in [2.75, 3.05) is 12.4 Å². The van der Waals surface area contributed by atoms with Crippen LogP contribution in [0.3, 0.4) is 0 Å². The molecule has 106 valence electrons. The Hall–Kier alpha value is -1.89. The SMILES string of the molecule is COc1n[nH]c(NC(=O)c2csc3c2CCC(C)C3)n1. The zero-order valence-electron chi connectivity index (χ0n) is 11.4. The van der Waals surface area contributed by atoms with Crippen LogP contribution in [0.25, 0.3) is 0 Å². The van der Waals surface area contributed by atoms with Gasteiger partial charge in [0.1, 0.15) is 0 Å². The molecule has 2 N–H and O–H groups in total. The lowest BCUT2D eigenvalue weighted by atomic mass is 9.88. The van der Waals surface area contributed by atoms with E-state index in [1.165, 1.54) is 17.6 Å². The molecule has 3 rings (SSSR count). The Bertz CT molecular complexity index is 634. The van der Waals surface area contributed by atoms with Crippen molar-refractivity contribution in [2.24, 2.45) is 5.92 Å². The number of thiophene rings is 1. The number of nitrogens with one attached hydrogen (secondary N) is 2. The molecule has 0 bridgehead atoms. The minimum absolute atomic E-state index is 0.143. The molecule has 1 atom stereocenters. The van der Waals surface area contributed by atoms with E-state index in [0.717, 1.165) is 24.8 Å². The Morgan fingerprint density at radius 1 is 1.60 bits per heavy atom. The molecule has 1 unspecified atom stereocenters.